The zero-order valence-corrected chi connectivity index (χ0v) is 10.1. The van der Waals surface area contributed by atoms with Gasteiger partial charge in [0.05, 0.1) is 12.1 Å². The van der Waals surface area contributed by atoms with Gasteiger partial charge in [-0.15, -0.1) is 0 Å². The van der Waals surface area contributed by atoms with Crippen LogP contribution in [0.25, 0.3) is 0 Å². The van der Waals surface area contributed by atoms with Gasteiger partial charge >= 0.3 is 0 Å². The average molecular weight is 238 g/mol. The van der Waals surface area contributed by atoms with Crippen molar-refractivity contribution in [3.05, 3.63) is 22.7 Å². The Hall–Kier alpha value is -1.40. The van der Waals surface area contributed by atoms with E-state index in [-0.39, 0.29) is 17.7 Å². The second kappa shape index (κ2) is 5.29. The molecule has 1 saturated heterocycles. The molecule has 0 spiro atoms. The van der Waals surface area contributed by atoms with Crippen molar-refractivity contribution in [1.29, 1.82) is 0 Å². The molecule has 6 heteroatoms. The molecule has 0 saturated carbocycles. The molecule has 2 rings (SSSR count). The third kappa shape index (κ3) is 2.48. The summed E-state index contributed by atoms with van der Waals surface area (Å²) in [6.07, 6.45) is 3.40. The smallest absolute Gasteiger partial charge is 0.293 e. The van der Waals surface area contributed by atoms with E-state index < -0.39 is 0 Å². The van der Waals surface area contributed by atoms with Gasteiger partial charge in [-0.25, -0.2) is 4.98 Å². The van der Waals surface area contributed by atoms with Crippen LogP contribution in [0.5, 0.6) is 0 Å². The molecule has 1 unspecified atom stereocenters. The van der Waals surface area contributed by atoms with E-state index in [9.17, 15) is 4.79 Å². The van der Waals surface area contributed by atoms with Gasteiger partial charge < -0.3 is 19.9 Å². The van der Waals surface area contributed by atoms with Gasteiger partial charge in [-0.2, -0.15) is 0 Å². The summed E-state index contributed by atoms with van der Waals surface area (Å²) in [5, 5.41) is 6.37. The molecule has 2 heterocycles. The van der Waals surface area contributed by atoms with Gasteiger partial charge in [-0.1, -0.05) is 0 Å². The van der Waals surface area contributed by atoms with E-state index >= 15 is 0 Å². The van der Waals surface area contributed by atoms with Gasteiger partial charge in [0.25, 0.3) is 5.56 Å². The minimum atomic E-state index is -0.0863. The van der Waals surface area contributed by atoms with E-state index in [1.165, 1.54) is 0 Å². The van der Waals surface area contributed by atoms with Crippen molar-refractivity contribution in [2.45, 2.75) is 25.6 Å². The maximum absolute atomic E-state index is 12.0. The first-order chi connectivity index (χ1) is 8.26. The van der Waals surface area contributed by atoms with Crippen molar-refractivity contribution in [3.8, 4) is 0 Å². The van der Waals surface area contributed by atoms with E-state index in [0.717, 1.165) is 13.1 Å². The lowest BCUT2D eigenvalue weighted by molar-refractivity contribution is 0.111. The highest BCUT2D eigenvalue weighted by Crippen LogP contribution is 2.08. The Bertz CT molecular complexity index is 432. The lowest BCUT2D eigenvalue weighted by atomic mass is 10.2. The minimum absolute atomic E-state index is 0.0754. The largest absolute Gasteiger partial charge is 0.378 e. The molecule has 0 aliphatic carbocycles. The lowest BCUT2D eigenvalue weighted by Gasteiger charge is -2.18. The van der Waals surface area contributed by atoms with Gasteiger partial charge in [-0.05, 0) is 6.92 Å². The number of hydrogen-bond donors (Lipinski definition) is 2. The third-order valence-electron chi connectivity index (χ3n) is 3.04. The molecule has 1 aliphatic heterocycles. The number of ether oxygens (including phenoxy) is 1. The predicted molar refractivity (Wildman–Crippen MR) is 65.2 cm³/mol. The molecule has 17 heavy (non-hydrogen) atoms. The van der Waals surface area contributed by atoms with Gasteiger partial charge in [-0.3, -0.25) is 4.79 Å². The van der Waals surface area contributed by atoms with Gasteiger partial charge in [0.2, 0.25) is 0 Å². The van der Waals surface area contributed by atoms with Crippen LogP contribution in [0.15, 0.2) is 17.2 Å². The number of methoxy groups -OCH3 is 1. The summed E-state index contributed by atoms with van der Waals surface area (Å²) in [5.74, 6) is 0.394. The fraction of sp³-hybridized carbons (Fsp3) is 0.636. The van der Waals surface area contributed by atoms with Crippen LogP contribution >= 0.6 is 0 Å². The van der Waals surface area contributed by atoms with Crippen molar-refractivity contribution in [2.24, 2.45) is 0 Å². The van der Waals surface area contributed by atoms with Crippen LogP contribution in [0.4, 0.5) is 5.82 Å². The molecule has 94 valence electrons. The van der Waals surface area contributed by atoms with Crippen molar-refractivity contribution in [1.82, 2.24) is 14.9 Å². The summed E-state index contributed by atoms with van der Waals surface area (Å²) in [6, 6.07) is 0.0907. The lowest BCUT2D eigenvalue weighted by Crippen LogP contribution is -2.37. The van der Waals surface area contributed by atoms with Crippen LogP contribution in [0.3, 0.4) is 0 Å². The summed E-state index contributed by atoms with van der Waals surface area (Å²) in [4.78, 5) is 16.1. The molecular weight excluding hydrogens is 220 g/mol. The highest BCUT2D eigenvalue weighted by atomic mass is 16.5. The van der Waals surface area contributed by atoms with E-state index in [0.29, 0.717) is 12.4 Å². The molecule has 0 aromatic carbocycles. The Labute approximate surface area is 100 Å². The molecule has 0 bridgehead atoms. The average Bonchev–Trinajstić information content (AvgIpc) is 2.79. The second-order valence-electron chi connectivity index (χ2n) is 4.05. The maximum atomic E-state index is 12.0. The third-order valence-corrected chi connectivity index (χ3v) is 3.04. The Morgan fingerprint density at radius 2 is 2.47 bits per heavy atom. The van der Waals surface area contributed by atoms with Crippen molar-refractivity contribution < 1.29 is 4.74 Å². The summed E-state index contributed by atoms with van der Waals surface area (Å²) in [6.45, 7) is 4.15. The standard InChI is InChI=1S/C11H18N4O2/c1-3-15-5-4-13-10(11(15)16)14-8-6-12-7-9(8)17-2/h4-5,8-9,12H,3,6-7H2,1-2H3,(H,13,14)/t8?,9-/m0/s1. The summed E-state index contributed by atoms with van der Waals surface area (Å²) >= 11 is 0. The first kappa shape index (κ1) is 12.1. The SMILES string of the molecule is CCn1ccnc(NC2CNC[C@@H]2OC)c1=O. The molecular formula is C11H18N4O2. The predicted octanol–water partition coefficient (Wildman–Crippen LogP) is -0.338. The molecule has 6 nitrogen and oxygen atoms in total. The molecule has 0 amide bonds. The minimum Gasteiger partial charge on any atom is -0.378 e. The monoisotopic (exact) mass is 238 g/mol. The van der Waals surface area contributed by atoms with Crippen LogP contribution in [0, 0.1) is 0 Å². The van der Waals surface area contributed by atoms with Crippen LogP contribution in [0.1, 0.15) is 6.92 Å². The molecule has 1 aromatic rings. The zero-order chi connectivity index (χ0) is 12.3. The Morgan fingerprint density at radius 1 is 1.65 bits per heavy atom. The first-order valence-electron chi connectivity index (χ1n) is 5.81. The first-order valence-corrected chi connectivity index (χ1v) is 5.81. The Kier molecular flexibility index (Phi) is 3.75. The molecule has 2 atom stereocenters. The Morgan fingerprint density at radius 3 is 3.18 bits per heavy atom. The summed E-state index contributed by atoms with van der Waals surface area (Å²) in [5.41, 5.74) is -0.0863. The fourth-order valence-corrected chi connectivity index (χ4v) is 2.02. The van der Waals surface area contributed by atoms with Gasteiger partial charge in [0, 0.05) is 39.1 Å². The van der Waals surface area contributed by atoms with E-state index in [2.05, 4.69) is 15.6 Å². The fourth-order valence-electron chi connectivity index (χ4n) is 2.02. The van der Waals surface area contributed by atoms with E-state index in [1.807, 2.05) is 6.92 Å². The molecule has 0 radical (unpaired) electrons. The highest BCUT2D eigenvalue weighted by molar-refractivity contribution is 5.33. The van der Waals surface area contributed by atoms with Crippen molar-refractivity contribution in [3.63, 3.8) is 0 Å². The number of nitrogens with zero attached hydrogens (tertiary/aromatic N) is 2. The molecule has 1 fully saturated rings. The number of rotatable bonds is 4. The zero-order valence-electron chi connectivity index (χ0n) is 10.1. The van der Waals surface area contributed by atoms with Crippen molar-refractivity contribution >= 4 is 5.82 Å². The second-order valence-corrected chi connectivity index (χ2v) is 4.05. The number of aromatic nitrogens is 2. The normalized spacial score (nSPS) is 23.9. The molecule has 2 N–H and O–H groups in total. The summed E-state index contributed by atoms with van der Waals surface area (Å²) in [7, 11) is 1.68. The number of aryl methyl sites for hydroxylation is 1. The topological polar surface area (TPSA) is 68.2 Å². The van der Waals surface area contributed by atoms with Crippen LogP contribution < -0.4 is 16.2 Å². The quantitative estimate of drug-likeness (QED) is 0.751. The van der Waals surface area contributed by atoms with Crippen LogP contribution in [0.2, 0.25) is 0 Å². The van der Waals surface area contributed by atoms with Gasteiger partial charge in [0.15, 0.2) is 5.82 Å². The van der Waals surface area contributed by atoms with Crippen LogP contribution in [-0.2, 0) is 11.3 Å². The van der Waals surface area contributed by atoms with Gasteiger partial charge in [0.1, 0.15) is 0 Å². The Balaban J connectivity index is 2.16. The maximum Gasteiger partial charge on any atom is 0.293 e. The number of anilines is 1. The molecule has 1 aromatic heterocycles. The summed E-state index contributed by atoms with van der Waals surface area (Å²) < 4.78 is 6.96. The molecule has 1 aliphatic rings. The van der Waals surface area contributed by atoms with Crippen molar-refractivity contribution in [2.75, 3.05) is 25.5 Å². The van der Waals surface area contributed by atoms with Crippen LogP contribution in [-0.4, -0.2) is 41.9 Å². The van der Waals surface area contributed by atoms with E-state index in [4.69, 9.17) is 4.74 Å². The van der Waals surface area contributed by atoms with E-state index in [1.54, 1.807) is 24.1 Å². The highest BCUT2D eigenvalue weighted by Gasteiger charge is 2.27. The number of hydrogen-bond acceptors (Lipinski definition) is 5. The number of nitrogens with one attached hydrogen (secondary N) is 2.